The number of pyridine rings is 1. The van der Waals surface area contributed by atoms with E-state index in [0.29, 0.717) is 17.1 Å². The lowest BCUT2D eigenvalue weighted by atomic mass is 10.3. The first kappa shape index (κ1) is 10.2. The number of aromatic nitrogens is 2. The van der Waals surface area contributed by atoms with Gasteiger partial charge in [-0.1, -0.05) is 11.6 Å². The number of nitrogens with zero attached hydrogens (tertiary/aromatic N) is 2. The third-order valence-electron chi connectivity index (χ3n) is 2.43. The largest absolute Gasteiger partial charge is 0.463 e. The fraction of sp³-hybridized carbons (Fsp3) is 0. The van der Waals surface area contributed by atoms with Gasteiger partial charge in [0, 0.05) is 6.20 Å². The molecule has 0 saturated heterocycles. The Morgan fingerprint density at radius 1 is 1.47 bits per heavy atom. The second-order valence-corrected chi connectivity index (χ2v) is 3.93. The summed E-state index contributed by atoms with van der Waals surface area (Å²) in [5.74, 6) is 0.330. The Morgan fingerprint density at radius 2 is 2.29 bits per heavy atom. The monoisotopic (exact) mass is 251 g/mol. The lowest BCUT2D eigenvalue weighted by Crippen LogP contribution is -1.95. The molecule has 3 rings (SSSR count). The minimum atomic E-state index is -0.474. The van der Waals surface area contributed by atoms with E-state index in [-0.39, 0.29) is 10.8 Å². The number of nitrogens with two attached hydrogens (primary N) is 1. The smallest absolute Gasteiger partial charge is 0.158 e. The molecule has 0 unspecified atom stereocenters. The summed E-state index contributed by atoms with van der Waals surface area (Å²) in [4.78, 5) is 4.24. The predicted molar refractivity (Wildman–Crippen MR) is 62.3 cm³/mol. The highest BCUT2D eigenvalue weighted by Gasteiger charge is 2.16. The van der Waals surface area contributed by atoms with Crippen LogP contribution in [-0.4, -0.2) is 9.38 Å². The van der Waals surface area contributed by atoms with Gasteiger partial charge >= 0.3 is 0 Å². The molecule has 0 radical (unpaired) electrons. The topological polar surface area (TPSA) is 56.5 Å². The van der Waals surface area contributed by atoms with Gasteiger partial charge in [0.15, 0.2) is 11.4 Å². The molecule has 86 valence electrons. The highest BCUT2D eigenvalue weighted by Crippen LogP contribution is 2.29. The SMILES string of the molecule is Nc1c(-c2ccco2)nc2c(Cl)cc(F)cn12. The molecule has 6 heteroatoms. The van der Waals surface area contributed by atoms with Gasteiger partial charge < -0.3 is 10.2 Å². The van der Waals surface area contributed by atoms with Gasteiger partial charge in [0.25, 0.3) is 0 Å². The van der Waals surface area contributed by atoms with Crippen LogP contribution in [0.3, 0.4) is 0 Å². The number of halogens is 2. The Bertz CT molecular complexity index is 690. The van der Waals surface area contributed by atoms with Gasteiger partial charge in [-0.05, 0) is 18.2 Å². The quantitative estimate of drug-likeness (QED) is 0.723. The molecule has 0 aliphatic heterocycles. The number of hydrogen-bond donors (Lipinski definition) is 1. The summed E-state index contributed by atoms with van der Waals surface area (Å²) in [7, 11) is 0. The van der Waals surface area contributed by atoms with Gasteiger partial charge in [-0.15, -0.1) is 0 Å². The Morgan fingerprint density at radius 3 is 3.00 bits per heavy atom. The van der Waals surface area contributed by atoms with E-state index in [1.165, 1.54) is 22.9 Å². The molecule has 0 amide bonds. The average molecular weight is 252 g/mol. The minimum absolute atomic E-state index is 0.203. The molecular weight excluding hydrogens is 245 g/mol. The zero-order valence-electron chi connectivity index (χ0n) is 8.52. The number of anilines is 1. The van der Waals surface area contributed by atoms with Crippen LogP contribution in [0.2, 0.25) is 5.02 Å². The highest BCUT2D eigenvalue weighted by atomic mass is 35.5. The van der Waals surface area contributed by atoms with Gasteiger partial charge in [-0.2, -0.15) is 0 Å². The van der Waals surface area contributed by atoms with E-state index in [2.05, 4.69) is 4.98 Å². The first-order valence-corrected chi connectivity index (χ1v) is 5.21. The minimum Gasteiger partial charge on any atom is -0.463 e. The lowest BCUT2D eigenvalue weighted by Gasteiger charge is -1.98. The van der Waals surface area contributed by atoms with Crippen LogP contribution in [0.15, 0.2) is 35.1 Å². The maximum atomic E-state index is 13.2. The molecule has 3 heterocycles. The number of hydrogen-bond acceptors (Lipinski definition) is 3. The van der Waals surface area contributed by atoms with Crippen LogP contribution in [0.4, 0.5) is 10.2 Å². The zero-order chi connectivity index (χ0) is 12.0. The van der Waals surface area contributed by atoms with Crippen molar-refractivity contribution in [3.63, 3.8) is 0 Å². The number of imidazole rings is 1. The van der Waals surface area contributed by atoms with Crippen molar-refractivity contribution in [1.82, 2.24) is 9.38 Å². The molecule has 0 aliphatic rings. The van der Waals surface area contributed by atoms with Crippen LogP contribution in [0.1, 0.15) is 0 Å². The first-order valence-electron chi connectivity index (χ1n) is 4.83. The van der Waals surface area contributed by atoms with Crippen LogP contribution < -0.4 is 5.73 Å². The standard InChI is InChI=1S/C11H7ClFN3O/c12-7-4-6(13)5-16-10(14)9(15-11(7)16)8-2-1-3-17-8/h1-5H,14H2. The average Bonchev–Trinajstić information content (AvgIpc) is 2.87. The van der Waals surface area contributed by atoms with Crippen molar-refractivity contribution in [3.8, 4) is 11.5 Å². The maximum Gasteiger partial charge on any atom is 0.158 e. The maximum absolute atomic E-state index is 13.2. The Labute approximate surface area is 100 Å². The van der Waals surface area contributed by atoms with Crippen molar-refractivity contribution < 1.29 is 8.81 Å². The zero-order valence-corrected chi connectivity index (χ0v) is 9.28. The van der Waals surface area contributed by atoms with Crippen LogP contribution in [0, 0.1) is 5.82 Å². The molecule has 3 aromatic rings. The third kappa shape index (κ3) is 1.47. The molecule has 0 saturated carbocycles. The summed E-state index contributed by atoms with van der Waals surface area (Å²) in [5.41, 5.74) is 6.73. The van der Waals surface area contributed by atoms with Crippen molar-refractivity contribution in [2.45, 2.75) is 0 Å². The van der Waals surface area contributed by atoms with E-state index in [1.807, 2.05) is 0 Å². The van der Waals surface area contributed by atoms with Crippen molar-refractivity contribution in [3.05, 3.63) is 41.5 Å². The van der Waals surface area contributed by atoms with E-state index < -0.39 is 5.82 Å². The van der Waals surface area contributed by atoms with E-state index >= 15 is 0 Å². The van der Waals surface area contributed by atoms with Crippen molar-refractivity contribution in [1.29, 1.82) is 0 Å². The van der Waals surface area contributed by atoms with E-state index in [1.54, 1.807) is 12.1 Å². The van der Waals surface area contributed by atoms with Gasteiger partial charge in [0.2, 0.25) is 0 Å². The molecule has 17 heavy (non-hydrogen) atoms. The van der Waals surface area contributed by atoms with E-state index in [0.717, 1.165) is 0 Å². The molecule has 4 nitrogen and oxygen atoms in total. The molecule has 0 bridgehead atoms. The molecule has 2 N–H and O–H groups in total. The van der Waals surface area contributed by atoms with Crippen LogP contribution in [-0.2, 0) is 0 Å². The first-order chi connectivity index (χ1) is 8.16. The highest BCUT2D eigenvalue weighted by molar-refractivity contribution is 6.33. The number of rotatable bonds is 1. The summed E-state index contributed by atoms with van der Waals surface area (Å²) in [6.45, 7) is 0. The lowest BCUT2D eigenvalue weighted by molar-refractivity contribution is 0.581. The van der Waals surface area contributed by atoms with Crippen LogP contribution >= 0.6 is 11.6 Å². The molecule has 0 aliphatic carbocycles. The summed E-state index contributed by atoms with van der Waals surface area (Å²) in [6, 6.07) is 4.64. The molecule has 0 aromatic carbocycles. The summed E-state index contributed by atoms with van der Waals surface area (Å²) >= 11 is 5.90. The molecule has 0 atom stereocenters. The van der Waals surface area contributed by atoms with Crippen molar-refractivity contribution in [2.24, 2.45) is 0 Å². The molecule has 0 fully saturated rings. The summed E-state index contributed by atoms with van der Waals surface area (Å²) in [5, 5.41) is 0.203. The van der Waals surface area contributed by atoms with Gasteiger partial charge in [0.1, 0.15) is 17.3 Å². The van der Waals surface area contributed by atoms with Crippen LogP contribution in [0.25, 0.3) is 17.1 Å². The second kappa shape index (κ2) is 3.49. The fourth-order valence-corrected chi connectivity index (χ4v) is 1.92. The normalized spacial score (nSPS) is 11.2. The molecule has 0 spiro atoms. The molecular formula is C11H7ClFN3O. The third-order valence-corrected chi connectivity index (χ3v) is 2.71. The Hall–Kier alpha value is -2.01. The fourth-order valence-electron chi connectivity index (χ4n) is 1.69. The van der Waals surface area contributed by atoms with Crippen molar-refractivity contribution >= 4 is 23.1 Å². The van der Waals surface area contributed by atoms with Crippen LogP contribution in [0.5, 0.6) is 0 Å². The summed E-state index contributed by atoms with van der Waals surface area (Å²) < 4.78 is 19.8. The number of furan rings is 1. The van der Waals surface area contributed by atoms with Gasteiger partial charge in [-0.25, -0.2) is 9.37 Å². The predicted octanol–water partition coefficient (Wildman–Crippen LogP) is 2.97. The Kier molecular flexibility index (Phi) is 2.09. The number of fused-ring (bicyclic) bond motifs is 1. The Balaban J connectivity index is 2.36. The molecule has 3 aromatic heterocycles. The van der Waals surface area contributed by atoms with E-state index in [9.17, 15) is 4.39 Å². The summed E-state index contributed by atoms with van der Waals surface area (Å²) in [6.07, 6.45) is 2.75. The number of nitrogen functional groups attached to an aromatic ring is 1. The second-order valence-electron chi connectivity index (χ2n) is 3.52. The van der Waals surface area contributed by atoms with E-state index in [4.69, 9.17) is 21.8 Å². The van der Waals surface area contributed by atoms with Gasteiger partial charge in [-0.3, -0.25) is 4.40 Å². The van der Waals surface area contributed by atoms with Crippen molar-refractivity contribution in [2.75, 3.05) is 5.73 Å². The van der Waals surface area contributed by atoms with Gasteiger partial charge in [0.05, 0.1) is 11.3 Å².